The maximum Gasteiger partial charge on any atom is 0.237 e. The van der Waals surface area contributed by atoms with Crippen LogP contribution in [-0.4, -0.2) is 49.6 Å². The first kappa shape index (κ1) is 15.4. The van der Waals surface area contributed by atoms with E-state index in [9.17, 15) is 4.79 Å². The first-order chi connectivity index (χ1) is 7.19. The number of halogens is 1. The molecule has 0 spiro atoms. The van der Waals surface area contributed by atoms with Crippen LogP contribution in [0.15, 0.2) is 12.7 Å². The summed E-state index contributed by atoms with van der Waals surface area (Å²) in [5, 5.41) is 6.06. The molecule has 1 aliphatic rings. The van der Waals surface area contributed by atoms with Crippen molar-refractivity contribution < 1.29 is 4.79 Å². The number of hydrogen-bond acceptors (Lipinski definition) is 3. The molecule has 1 rings (SSSR count). The Morgan fingerprint density at radius 1 is 1.69 bits per heavy atom. The highest BCUT2D eigenvalue weighted by Crippen LogP contribution is 2.12. The minimum atomic E-state index is -0.0386. The van der Waals surface area contributed by atoms with E-state index in [1.54, 1.807) is 6.08 Å². The van der Waals surface area contributed by atoms with E-state index in [0.717, 1.165) is 19.5 Å². The summed E-state index contributed by atoms with van der Waals surface area (Å²) in [4.78, 5) is 13.9. The molecule has 2 unspecified atom stereocenters. The summed E-state index contributed by atoms with van der Waals surface area (Å²) in [7, 11) is 1.97. The Morgan fingerprint density at radius 3 is 2.88 bits per heavy atom. The summed E-state index contributed by atoms with van der Waals surface area (Å²) in [5.74, 6) is 0.0895. The molecular weight excluding hydrogens is 226 g/mol. The van der Waals surface area contributed by atoms with Crippen LogP contribution in [0, 0.1) is 0 Å². The Kier molecular flexibility index (Phi) is 7.38. The number of likely N-dealkylation sites (tertiary alicyclic amines) is 1. The molecule has 2 N–H and O–H groups in total. The third kappa shape index (κ3) is 4.12. The molecule has 1 amide bonds. The molecule has 4 nitrogen and oxygen atoms in total. The Balaban J connectivity index is 0.00000225. The van der Waals surface area contributed by atoms with Crippen molar-refractivity contribution in [3.05, 3.63) is 12.7 Å². The van der Waals surface area contributed by atoms with Crippen LogP contribution in [0.3, 0.4) is 0 Å². The van der Waals surface area contributed by atoms with Crippen molar-refractivity contribution in [1.29, 1.82) is 0 Å². The molecule has 0 aromatic rings. The third-order valence-corrected chi connectivity index (χ3v) is 2.98. The van der Waals surface area contributed by atoms with Gasteiger partial charge in [0, 0.05) is 25.7 Å². The van der Waals surface area contributed by atoms with Gasteiger partial charge in [0.15, 0.2) is 0 Å². The van der Waals surface area contributed by atoms with E-state index in [1.165, 1.54) is 0 Å². The number of carbonyl (C=O) groups is 1. The van der Waals surface area contributed by atoms with Gasteiger partial charge in [0.2, 0.25) is 5.91 Å². The van der Waals surface area contributed by atoms with E-state index in [-0.39, 0.29) is 24.4 Å². The molecule has 94 valence electrons. The average molecular weight is 248 g/mol. The van der Waals surface area contributed by atoms with Gasteiger partial charge in [0.1, 0.15) is 0 Å². The van der Waals surface area contributed by atoms with Gasteiger partial charge in [-0.2, -0.15) is 0 Å². The zero-order valence-electron chi connectivity index (χ0n) is 10.0. The molecule has 0 bridgehead atoms. The van der Waals surface area contributed by atoms with Gasteiger partial charge in [0.25, 0.3) is 0 Å². The lowest BCUT2D eigenvalue weighted by Crippen LogP contribution is -2.45. The lowest BCUT2D eigenvalue weighted by Gasteiger charge is -2.23. The summed E-state index contributed by atoms with van der Waals surface area (Å²) in [6.45, 7) is 8.03. The number of amides is 1. The zero-order valence-corrected chi connectivity index (χ0v) is 10.8. The lowest BCUT2D eigenvalue weighted by molar-refractivity contribution is -0.125. The topological polar surface area (TPSA) is 44.4 Å². The summed E-state index contributed by atoms with van der Waals surface area (Å²) >= 11 is 0. The number of nitrogens with one attached hydrogen (secondary N) is 2. The van der Waals surface area contributed by atoms with Gasteiger partial charge >= 0.3 is 0 Å². The Bertz CT molecular complexity index is 235. The summed E-state index contributed by atoms with van der Waals surface area (Å²) in [6.07, 6.45) is 2.82. The fourth-order valence-electron chi connectivity index (χ4n) is 1.86. The molecule has 1 fully saturated rings. The van der Waals surface area contributed by atoms with Crippen molar-refractivity contribution in [3.63, 3.8) is 0 Å². The maximum absolute atomic E-state index is 11.7. The van der Waals surface area contributed by atoms with Crippen molar-refractivity contribution in [3.8, 4) is 0 Å². The van der Waals surface area contributed by atoms with Crippen LogP contribution in [0.2, 0.25) is 0 Å². The van der Waals surface area contributed by atoms with E-state index in [4.69, 9.17) is 0 Å². The van der Waals surface area contributed by atoms with Crippen LogP contribution in [0.25, 0.3) is 0 Å². The monoisotopic (exact) mass is 247 g/mol. The molecule has 0 aromatic carbocycles. The van der Waals surface area contributed by atoms with Crippen LogP contribution in [0.4, 0.5) is 0 Å². The lowest BCUT2D eigenvalue weighted by atomic mass is 10.2. The average Bonchev–Trinajstić information content (AvgIpc) is 2.73. The van der Waals surface area contributed by atoms with Gasteiger partial charge in [0.05, 0.1) is 6.04 Å². The quantitative estimate of drug-likeness (QED) is 0.691. The Labute approximate surface area is 104 Å². The molecule has 0 saturated carbocycles. The smallest absolute Gasteiger partial charge is 0.237 e. The van der Waals surface area contributed by atoms with Crippen molar-refractivity contribution in [2.45, 2.75) is 25.4 Å². The van der Waals surface area contributed by atoms with E-state index < -0.39 is 0 Å². The van der Waals surface area contributed by atoms with E-state index in [2.05, 4.69) is 22.1 Å². The second kappa shape index (κ2) is 7.65. The molecule has 5 heteroatoms. The van der Waals surface area contributed by atoms with Gasteiger partial charge in [-0.1, -0.05) is 6.08 Å². The van der Waals surface area contributed by atoms with Crippen LogP contribution < -0.4 is 10.6 Å². The predicted molar refractivity (Wildman–Crippen MR) is 69.0 cm³/mol. The zero-order chi connectivity index (χ0) is 11.3. The molecule has 0 aromatic heterocycles. The SMILES string of the molecule is C=CCNC(=O)C(C)N1CCC(NC)C1.Cl. The van der Waals surface area contributed by atoms with Crippen LogP contribution in [0.5, 0.6) is 0 Å². The highest BCUT2D eigenvalue weighted by molar-refractivity contribution is 5.85. The van der Waals surface area contributed by atoms with Gasteiger partial charge in [-0.25, -0.2) is 0 Å². The van der Waals surface area contributed by atoms with Gasteiger partial charge in [-0.3, -0.25) is 9.69 Å². The standard InChI is InChI=1S/C11H21N3O.ClH/c1-4-6-13-11(15)9(2)14-7-5-10(8-14)12-3;/h4,9-10,12H,1,5-8H2,2-3H3,(H,13,15);1H. The number of likely N-dealkylation sites (N-methyl/N-ethyl adjacent to an activating group) is 1. The number of carbonyl (C=O) groups excluding carboxylic acids is 1. The molecule has 1 aliphatic heterocycles. The Morgan fingerprint density at radius 2 is 2.38 bits per heavy atom. The number of rotatable bonds is 5. The van der Waals surface area contributed by atoms with Crippen molar-refractivity contribution in [2.75, 3.05) is 26.7 Å². The van der Waals surface area contributed by atoms with Crippen molar-refractivity contribution >= 4 is 18.3 Å². The minimum Gasteiger partial charge on any atom is -0.351 e. The number of nitrogens with zero attached hydrogens (tertiary/aromatic N) is 1. The van der Waals surface area contributed by atoms with E-state index in [0.29, 0.717) is 12.6 Å². The van der Waals surface area contributed by atoms with Crippen molar-refractivity contribution in [1.82, 2.24) is 15.5 Å². The summed E-state index contributed by atoms with van der Waals surface area (Å²) in [6, 6.07) is 0.489. The van der Waals surface area contributed by atoms with Crippen LogP contribution in [0.1, 0.15) is 13.3 Å². The fraction of sp³-hybridized carbons (Fsp3) is 0.727. The molecule has 0 aliphatic carbocycles. The molecule has 16 heavy (non-hydrogen) atoms. The molecule has 0 radical (unpaired) electrons. The summed E-state index contributed by atoms with van der Waals surface area (Å²) < 4.78 is 0. The second-order valence-corrected chi connectivity index (χ2v) is 3.98. The van der Waals surface area contributed by atoms with Gasteiger partial charge in [-0.15, -0.1) is 19.0 Å². The van der Waals surface area contributed by atoms with Crippen molar-refractivity contribution in [2.24, 2.45) is 0 Å². The van der Waals surface area contributed by atoms with Gasteiger partial charge in [-0.05, 0) is 20.4 Å². The second-order valence-electron chi connectivity index (χ2n) is 3.98. The molecule has 2 atom stereocenters. The first-order valence-corrected chi connectivity index (χ1v) is 5.49. The normalized spacial score (nSPS) is 22.2. The Hall–Kier alpha value is -0.580. The highest BCUT2D eigenvalue weighted by Gasteiger charge is 2.28. The maximum atomic E-state index is 11.7. The number of hydrogen-bond donors (Lipinski definition) is 2. The van der Waals surface area contributed by atoms with E-state index in [1.807, 2.05) is 14.0 Å². The largest absolute Gasteiger partial charge is 0.351 e. The summed E-state index contributed by atoms with van der Waals surface area (Å²) in [5.41, 5.74) is 0. The van der Waals surface area contributed by atoms with E-state index >= 15 is 0 Å². The molecular formula is C11H22ClN3O. The van der Waals surface area contributed by atoms with Crippen LogP contribution in [-0.2, 0) is 4.79 Å². The third-order valence-electron chi connectivity index (χ3n) is 2.98. The minimum absolute atomic E-state index is 0. The predicted octanol–water partition coefficient (Wildman–Crippen LogP) is 0.393. The van der Waals surface area contributed by atoms with Gasteiger partial charge < -0.3 is 10.6 Å². The molecule has 1 heterocycles. The highest BCUT2D eigenvalue weighted by atomic mass is 35.5. The molecule has 1 saturated heterocycles. The van der Waals surface area contributed by atoms with Crippen LogP contribution >= 0.6 is 12.4 Å². The fourth-order valence-corrected chi connectivity index (χ4v) is 1.86. The first-order valence-electron chi connectivity index (χ1n) is 5.49.